The molecular weight excluding hydrogens is 384 g/mol. The highest BCUT2D eigenvalue weighted by molar-refractivity contribution is 9.10. The predicted molar refractivity (Wildman–Crippen MR) is 86.6 cm³/mol. The number of nitrogens with zero attached hydrogens (tertiary/aromatic N) is 1. The van der Waals surface area contributed by atoms with Crippen LogP contribution in [0.4, 0.5) is 0 Å². The summed E-state index contributed by atoms with van der Waals surface area (Å²) in [6.07, 6.45) is 1.60. The number of carbonyl (C=O) groups excluding carboxylic acids is 1. The van der Waals surface area contributed by atoms with Gasteiger partial charge in [0.1, 0.15) is 5.69 Å². The molecule has 1 aromatic heterocycles. The summed E-state index contributed by atoms with van der Waals surface area (Å²) in [5.74, 6) is -0.203. The Balaban J connectivity index is 2.22. The second kappa shape index (κ2) is 6.06. The van der Waals surface area contributed by atoms with Crippen LogP contribution in [0.15, 0.2) is 51.5 Å². The van der Waals surface area contributed by atoms with Crippen molar-refractivity contribution in [2.45, 2.75) is 19.4 Å². The first-order valence-corrected chi connectivity index (χ1v) is 7.68. The van der Waals surface area contributed by atoms with E-state index in [2.05, 4.69) is 42.2 Å². The van der Waals surface area contributed by atoms with Gasteiger partial charge >= 0.3 is 0 Å². The molecule has 0 saturated heterocycles. The number of halogens is 2. The van der Waals surface area contributed by atoms with Crippen LogP contribution in [0.2, 0.25) is 0 Å². The number of hydrogen-bond donors (Lipinski definition) is 1. The van der Waals surface area contributed by atoms with Crippen LogP contribution < -0.4 is 5.32 Å². The van der Waals surface area contributed by atoms with Crippen LogP contribution in [0, 0.1) is 0 Å². The highest BCUT2D eigenvalue weighted by Gasteiger charge is 2.24. The summed E-state index contributed by atoms with van der Waals surface area (Å²) in [6.45, 7) is 3.93. The molecule has 1 N–H and O–H groups in total. The molecule has 20 heavy (non-hydrogen) atoms. The molecule has 2 aromatic rings. The Kier molecular flexibility index (Phi) is 4.60. The summed E-state index contributed by atoms with van der Waals surface area (Å²) in [6, 6.07) is 11.5. The number of rotatable bonds is 3. The first kappa shape index (κ1) is 15.2. The lowest BCUT2D eigenvalue weighted by atomic mass is 9.94. The molecule has 0 bridgehead atoms. The summed E-state index contributed by atoms with van der Waals surface area (Å²) in [4.78, 5) is 16.4. The molecule has 2 rings (SSSR count). The van der Waals surface area contributed by atoms with E-state index in [-0.39, 0.29) is 5.91 Å². The Morgan fingerprint density at radius 3 is 2.40 bits per heavy atom. The van der Waals surface area contributed by atoms with E-state index in [4.69, 9.17) is 0 Å². The van der Waals surface area contributed by atoms with E-state index in [1.54, 1.807) is 18.3 Å². The van der Waals surface area contributed by atoms with Crippen LogP contribution >= 0.6 is 31.9 Å². The SMILES string of the molecule is CC(C)(NC(=O)c1ncccc1Br)c1ccc(Br)cc1. The lowest BCUT2D eigenvalue weighted by Crippen LogP contribution is -2.41. The quantitative estimate of drug-likeness (QED) is 0.840. The van der Waals surface area contributed by atoms with Gasteiger partial charge in [-0.2, -0.15) is 0 Å². The molecule has 104 valence electrons. The fraction of sp³-hybridized carbons (Fsp3) is 0.200. The number of benzene rings is 1. The molecule has 0 aliphatic carbocycles. The first-order chi connectivity index (χ1) is 9.40. The van der Waals surface area contributed by atoms with E-state index in [0.29, 0.717) is 10.2 Å². The maximum absolute atomic E-state index is 12.3. The maximum atomic E-state index is 12.3. The van der Waals surface area contributed by atoms with Crippen LogP contribution in [0.1, 0.15) is 29.9 Å². The van der Waals surface area contributed by atoms with Crippen molar-refractivity contribution in [2.24, 2.45) is 0 Å². The highest BCUT2D eigenvalue weighted by atomic mass is 79.9. The van der Waals surface area contributed by atoms with Gasteiger partial charge in [0.2, 0.25) is 0 Å². The molecular formula is C15H14Br2N2O. The van der Waals surface area contributed by atoms with Gasteiger partial charge in [0.15, 0.2) is 0 Å². The molecule has 0 atom stereocenters. The first-order valence-electron chi connectivity index (χ1n) is 6.09. The average molecular weight is 398 g/mol. The zero-order valence-electron chi connectivity index (χ0n) is 11.2. The minimum Gasteiger partial charge on any atom is -0.342 e. The molecule has 1 amide bonds. The Hall–Kier alpha value is -1.20. The van der Waals surface area contributed by atoms with Crippen LogP contribution in [0.5, 0.6) is 0 Å². The molecule has 0 radical (unpaired) electrons. The molecule has 1 heterocycles. The number of pyridine rings is 1. The molecule has 3 nitrogen and oxygen atoms in total. The van der Waals surface area contributed by atoms with Crippen molar-refractivity contribution < 1.29 is 4.79 Å². The van der Waals surface area contributed by atoms with Crippen LogP contribution in [-0.2, 0) is 5.54 Å². The van der Waals surface area contributed by atoms with Gasteiger partial charge in [-0.25, -0.2) is 4.98 Å². The monoisotopic (exact) mass is 396 g/mol. The molecule has 0 aliphatic heterocycles. The van der Waals surface area contributed by atoms with E-state index in [1.807, 2.05) is 38.1 Å². The van der Waals surface area contributed by atoms with Gasteiger partial charge in [-0.3, -0.25) is 4.79 Å². The Labute approximate surface area is 135 Å². The van der Waals surface area contributed by atoms with Gasteiger partial charge in [-0.1, -0.05) is 28.1 Å². The fourth-order valence-electron chi connectivity index (χ4n) is 1.83. The largest absolute Gasteiger partial charge is 0.342 e. The third-order valence-corrected chi connectivity index (χ3v) is 4.13. The van der Waals surface area contributed by atoms with Gasteiger partial charge in [0.25, 0.3) is 5.91 Å². The topological polar surface area (TPSA) is 42.0 Å². The molecule has 5 heteroatoms. The number of aromatic nitrogens is 1. The van der Waals surface area contributed by atoms with Crippen molar-refractivity contribution in [3.63, 3.8) is 0 Å². The summed E-state index contributed by atoms with van der Waals surface area (Å²) < 4.78 is 1.69. The number of carbonyl (C=O) groups is 1. The second-order valence-electron chi connectivity index (χ2n) is 4.92. The molecule has 0 spiro atoms. The van der Waals surface area contributed by atoms with Crippen molar-refractivity contribution in [3.8, 4) is 0 Å². The third kappa shape index (κ3) is 3.46. The van der Waals surface area contributed by atoms with Crippen molar-refractivity contribution in [1.82, 2.24) is 10.3 Å². The van der Waals surface area contributed by atoms with Crippen molar-refractivity contribution in [3.05, 3.63) is 62.8 Å². The van der Waals surface area contributed by atoms with Crippen molar-refractivity contribution in [2.75, 3.05) is 0 Å². The predicted octanol–water partition coefficient (Wildman–Crippen LogP) is 4.27. The minimum atomic E-state index is -0.477. The second-order valence-corrected chi connectivity index (χ2v) is 6.69. The molecule has 0 aliphatic rings. The summed E-state index contributed by atoms with van der Waals surface area (Å²) in [5.41, 5.74) is 0.938. The van der Waals surface area contributed by atoms with Crippen LogP contribution in [0.25, 0.3) is 0 Å². The van der Waals surface area contributed by atoms with Crippen LogP contribution in [0.3, 0.4) is 0 Å². The van der Waals surface area contributed by atoms with E-state index >= 15 is 0 Å². The standard InChI is InChI=1S/C15H14Br2N2O/c1-15(2,10-5-7-11(16)8-6-10)19-14(20)13-12(17)4-3-9-18-13/h3-9H,1-2H3,(H,19,20). The molecule has 0 fully saturated rings. The van der Waals surface area contributed by atoms with Gasteiger partial charge in [-0.05, 0) is 59.6 Å². The van der Waals surface area contributed by atoms with Gasteiger partial charge < -0.3 is 5.32 Å². The van der Waals surface area contributed by atoms with Crippen molar-refractivity contribution in [1.29, 1.82) is 0 Å². The molecule has 0 unspecified atom stereocenters. The zero-order chi connectivity index (χ0) is 14.8. The fourth-order valence-corrected chi connectivity index (χ4v) is 2.53. The van der Waals surface area contributed by atoms with Gasteiger partial charge in [0, 0.05) is 15.1 Å². The van der Waals surface area contributed by atoms with Gasteiger partial charge in [-0.15, -0.1) is 0 Å². The third-order valence-electron chi connectivity index (χ3n) is 2.97. The lowest BCUT2D eigenvalue weighted by molar-refractivity contribution is 0.0906. The Morgan fingerprint density at radius 2 is 1.80 bits per heavy atom. The minimum absolute atomic E-state index is 0.203. The normalized spacial score (nSPS) is 11.2. The van der Waals surface area contributed by atoms with E-state index in [1.165, 1.54) is 0 Å². The maximum Gasteiger partial charge on any atom is 0.271 e. The molecule has 1 aromatic carbocycles. The Morgan fingerprint density at radius 1 is 1.15 bits per heavy atom. The van der Waals surface area contributed by atoms with Crippen LogP contribution in [-0.4, -0.2) is 10.9 Å². The summed E-state index contributed by atoms with van der Waals surface area (Å²) in [7, 11) is 0. The lowest BCUT2D eigenvalue weighted by Gasteiger charge is -2.27. The summed E-state index contributed by atoms with van der Waals surface area (Å²) >= 11 is 6.75. The van der Waals surface area contributed by atoms with Gasteiger partial charge in [0.05, 0.1) is 5.54 Å². The van der Waals surface area contributed by atoms with E-state index < -0.39 is 5.54 Å². The highest BCUT2D eigenvalue weighted by Crippen LogP contribution is 2.23. The average Bonchev–Trinajstić information content (AvgIpc) is 2.39. The number of nitrogens with one attached hydrogen (secondary N) is 1. The number of amides is 1. The Bertz CT molecular complexity index is 624. The smallest absolute Gasteiger partial charge is 0.271 e. The van der Waals surface area contributed by atoms with E-state index in [0.717, 1.165) is 10.0 Å². The number of hydrogen-bond acceptors (Lipinski definition) is 2. The van der Waals surface area contributed by atoms with Crippen molar-refractivity contribution >= 4 is 37.8 Å². The van der Waals surface area contributed by atoms with E-state index in [9.17, 15) is 4.79 Å². The zero-order valence-corrected chi connectivity index (χ0v) is 14.3. The summed E-state index contributed by atoms with van der Waals surface area (Å²) in [5, 5.41) is 3.00. The molecule has 0 saturated carbocycles.